The molecule has 0 saturated carbocycles. The van der Waals surface area contributed by atoms with Crippen molar-refractivity contribution < 1.29 is 14.2 Å². The average molecular weight is 435 g/mol. The summed E-state index contributed by atoms with van der Waals surface area (Å²) >= 11 is 0. The summed E-state index contributed by atoms with van der Waals surface area (Å²) in [5.74, 6) is 2.93. The van der Waals surface area contributed by atoms with Crippen molar-refractivity contribution in [2.24, 2.45) is 4.99 Å². The molecule has 7 heteroatoms. The van der Waals surface area contributed by atoms with Gasteiger partial charge in [-0.15, -0.1) is 6.58 Å². The normalized spacial score (nSPS) is 16.4. The van der Waals surface area contributed by atoms with E-state index in [1.165, 1.54) is 0 Å². The van der Waals surface area contributed by atoms with Gasteiger partial charge in [-0.3, -0.25) is 0 Å². The minimum absolute atomic E-state index is 0.203. The van der Waals surface area contributed by atoms with E-state index in [0.717, 1.165) is 28.6 Å². The highest BCUT2D eigenvalue weighted by Gasteiger charge is 2.17. The van der Waals surface area contributed by atoms with Crippen molar-refractivity contribution in [2.75, 3.05) is 31.4 Å². The topological polar surface area (TPSA) is 90.1 Å². The number of ether oxygens (including phenoxy) is 3. The molecule has 168 valence electrons. The number of hydrogen-bond donors (Lipinski definition) is 3. The van der Waals surface area contributed by atoms with Gasteiger partial charge in [-0.1, -0.05) is 12.1 Å². The number of benzene rings is 2. The molecular weight excluding hydrogens is 404 g/mol. The molecule has 4 N–H and O–H groups in total. The van der Waals surface area contributed by atoms with Crippen LogP contribution in [-0.2, 0) is 4.74 Å². The van der Waals surface area contributed by atoms with E-state index in [4.69, 9.17) is 24.9 Å². The van der Waals surface area contributed by atoms with E-state index in [0.29, 0.717) is 31.1 Å². The number of nitrogens with zero attached hydrogens (tertiary/aromatic N) is 1. The summed E-state index contributed by atoms with van der Waals surface area (Å²) in [5, 5.41) is 6.63. The van der Waals surface area contributed by atoms with Gasteiger partial charge in [0.1, 0.15) is 35.9 Å². The number of anilines is 2. The Balaban J connectivity index is 1.71. The first kappa shape index (κ1) is 23.0. The highest BCUT2D eigenvalue weighted by Crippen LogP contribution is 2.22. The third-order valence-corrected chi connectivity index (χ3v) is 4.65. The molecule has 0 fully saturated rings. The smallest absolute Gasteiger partial charge is 0.138 e. The molecule has 1 heterocycles. The van der Waals surface area contributed by atoms with E-state index < -0.39 is 0 Å². The first-order valence-electron chi connectivity index (χ1n) is 10.4. The van der Waals surface area contributed by atoms with Crippen LogP contribution in [-0.4, -0.2) is 32.3 Å². The van der Waals surface area contributed by atoms with Gasteiger partial charge in [-0.05, 0) is 49.4 Å². The summed E-state index contributed by atoms with van der Waals surface area (Å²) in [4.78, 5) is 4.86. The molecule has 0 aliphatic carbocycles. The van der Waals surface area contributed by atoms with Crippen LogP contribution in [0.25, 0.3) is 0 Å². The number of amidine groups is 1. The molecule has 0 saturated heterocycles. The van der Waals surface area contributed by atoms with Gasteiger partial charge in [-0.2, -0.15) is 0 Å². The van der Waals surface area contributed by atoms with E-state index in [1.807, 2.05) is 67.7 Å². The molecule has 7 nitrogen and oxygen atoms in total. The third kappa shape index (κ3) is 6.65. The van der Waals surface area contributed by atoms with E-state index in [2.05, 4.69) is 17.2 Å². The Morgan fingerprint density at radius 3 is 2.72 bits per heavy atom. The summed E-state index contributed by atoms with van der Waals surface area (Å²) < 4.78 is 16.6. The van der Waals surface area contributed by atoms with Crippen molar-refractivity contribution in [1.82, 2.24) is 5.32 Å². The standard InChI is InChI=1S/C25H30N4O3/c1-4-6-24(28-20-9-11-21(12-10-20)31-16-15-30-3)29-25-23(13-14-27-25)18(2)32-22-8-5-7-19(26)17-22/h4-5,7-14,17,24,28H,1,6,15-16,26H2,2-3H3,(H,27,29)/b23-18+. The second-order valence-corrected chi connectivity index (χ2v) is 7.15. The maximum atomic E-state index is 5.99. The molecule has 2 aromatic carbocycles. The van der Waals surface area contributed by atoms with Gasteiger partial charge < -0.3 is 30.6 Å². The molecule has 0 aromatic heterocycles. The van der Waals surface area contributed by atoms with Gasteiger partial charge in [0.15, 0.2) is 0 Å². The Morgan fingerprint density at radius 2 is 2.00 bits per heavy atom. The van der Waals surface area contributed by atoms with Gasteiger partial charge in [-0.25, -0.2) is 4.99 Å². The Hall–Kier alpha value is -3.71. The maximum absolute atomic E-state index is 5.99. The van der Waals surface area contributed by atoms with Gasteiger partial charge in [0.2, 0.25) is 0 Å². The van der Waals surface area contributed by atoms with Crippen LogP contribution >= 0.6 is 0 Å². The predicted molar refractivity (Wildman–Crippen MR) is 130 cm³/mol. The van der Waals surface area contributed by atoms with Crippen molar-refractivity contribution in [1.29, 1.82) is 0 Å². The van der Waals surface area contributed by atoms with Gasteiger partial charge in [0.25, 0.3) is 0 Å². The molecule has 32 heavy (non-hydrogen) atoms. The molecule has 1 unspecified atom stereocenters. The fraction of sp³-hybridized carbons (Fsp3) is 0.240. The highest BCUT2D eigenvalue weighted by atomic mass is 16.5. The van der Waals surface area contributed by atoms with Crippen LogP contribution in [0.2, 0.25) is 0 Å². The summed E-state index contributed by atoms with van der Waals surface area (Å²) in [5.41, 5.74) is 8.32. The third-order valence-electron chi connectivity index (χ3n) is 4.65. The monoisotopic (exact) mass is 434 g/mol. The molecule has 0 amide bonds. The lowest BCUT2D eigenvalue weighted by Crippen LogP contribution is -2.23. The highest BCUT2D eigenvalue weighted by molar-refractivity contribution is 6.04. The SMILES string of the molecule is C=CCC(N=C1NC=C/C1=C(/C)Oc1cccc(N)c1)Nc1ccc(OCCOC)cc1. The maximum Gasteiger partial charge on any atom is 0.138 e. The lowest BCUT2D eigenvalue weighted by Gasteiger charge is -2.17. The molecule has 2 aromatic rings. The quantitative estimate of drug-likeness (QED) is 0.209. The van der Waals surface area contributed by atoms with Crippen LogP contribution < -0.4 is 25.8 Å². The average Bonchev–Trinajstić information content (AvgIpc) is 3.24. The number of nitrogen functional groups attached to an aromatic ring is 1. The van der Waals surface area contributed by atoms with Crippen LogP contribution in [0.15, 0.2) is 89.8 Å². The van der Waals surface area contributed by atoms with Crippen molar-refractivity contribution in [3.63, 3.8) is 0 Å². The van der Waals surface area contributed by atoms with Gasteiger partial charge in [0, 0.05) is 37.2 Å². The van der Waals surface area contributed by atoms with E-state index in [1.54, 1.807) is 13.2 Å². The zero-order chi connectivity index (χ0) is 22.8. The number of hydrogen-bond acceptors (Lipinski definition) is 6. The van der Waals surface area contributed by atoms with Gasteiger partial charge >= 0.3 is 0 Å². The lowest BCUT2D eigenvalue weighted by atomic mass is 10.2. The summed E-state index contributed by atoms with van der Waals surface area (Å²) in [6.45, 7) is 6.84. The first-order valence-corrected chi connectivity index (χ1v) is 10.4. The molecule has 1 atom stereocenters. The van der Waals surface area contributed by atoms with Crippen LogP contribution in [0, 0.1) is 0 Å². The minimum atomic E-state index is -0.203. The Morgan fingerprint density at radius 1 is 1.19 bits per heavy atom. The number of nitrogens with two attached hydrogens (primary N) is 1. The molecule has 1 aliphatic heterocycles. The van der Waals surface area contributed by atoms with Crippen LogP contribution in [0.1, 0.15) is 13.3 Å². The van der Waals surface area contributed by atoms with E-state index >= 15 is 0 Å². The van der Waals surface area contributed by atoms with E-state index in [9.17, 15) is 0 Å². The Kier molecular flexibility index (Phi) is 8.34. The molecule has 0 bridgehead atoms. The number of nitrogens with one attached hydrogen (secondary N) is 2. The van der Waals surface area contributed by atoms with Crippen molar-refractivity contribution in [2.45, 2.75) is 19.5 Å². The summed E-state index contributed by atoms with van der Waals surface area (Å²) in [6, 6.07) is 15.1. The number of aliphatic imine (C=N–C) groups is 1. The van der Waals surface area contributed by atoms with Gasteiger partial charge in [0.05, 0.1) is 12.2 Å². The summed E-state index contributed by atoms with van der Waals surface area (Å²) in [6.07, 6.45) is 6.07. The minimum Gasteiger partial charge on any atom is -0.491 e. The lowest BCUT2D eigenvalue weighted by molar-refractivity contribution is 0.146. The first-order chi connectivity index (χ1) is 15.6. The largest absolute Gasteiger partial charge is 0.491 e. The van der Waals surface area contributed by atoms with E-state index in [-0.39, 0.29) is 6.17 Å². The number of rotatable bonds is 11. The number of methoxy groups -OCH3 is 1. The molecule has 3 rings (SSSR count). The Bertz CT molecular complexity index is 997. The number of allylic oxidation sites excluding steroid dienone is 1. The fourth-order valence-corrected chi connectivity index (χ4v) is 3.10. The molecule has 0 spiro atoms. The second kappa shape index (κ2) is 11.6. The molecular formula is C25H30N4O3. The summed E-state index contributed by atoms with van der Waals surface area (Å²) in [7, 11) is 1.65. The van der Waals surface area contributed by atoms with Crippen LogP contribution in [0.4, 0.5) is 11.4 Å². The fourth-order valence-electron chi connectivity index (χ4n) is 3.10. The van der Waals surface area contributed by atoms with Crippen LogP contribution in [0.5, 0.6) is 11.5 Å². The molecule has 1 aliphatic rings. The van der Waals surface area contributed by atoms with Crippen LogP contribution in [0.3, 0.4) is 0 Å². The Labute approximate surface area is 189 Å². The van der Waals surface area contributed by atoms with Crippen molar-refractivity contribution in [3.8, 4) is 11.5 Å². The molecule has 0 radical (unpaired) electrons. The zero-order valence-electron chi connectivity index (χ0n) is 18.5. The van der Waals surface area contributed by atoms with Crippen molar-refractivity contribution >= 4 is 17.2 Å². The predicted octanol–water partition coefficient (Wildman–Crippen LogP) is 4.48. The van der Waals surface area contributed by atoms with Crippen molar-refractivity contribution in [3.05, 3.63) is 84.8 Å². The zero-order valence-corrected chi connectivity index (χ0v) is 18.5. The second-order valence-electron chi connectivity index (χ2n) is 7.15.